The van der Waals surface area contributed by atoms with E-state index in [0.29, 0.717) is 24.2 Å². The van der Waals surface area contributed by atoms with Crippen LogP contribution in [-0.4, -0.2) is 121 Å². The summed E-state index contributed by atoms with van der Waals surface area (Å²) in [7, 11) is 8.81. The van der Waals surface area contributed by atoms with Gasteiger partial charge in [0.15, 0.2) is 0 Å². The van der Waals surface area contributed by atoms with Gasteiger partial charge in [-0.1, -0.05) is 19.1 Å². The maximum Gasteiger partial charge on any atom is 0.259 e. The molecule has 0 spiro atoms. The van der Waals surface area contributed by atoms with Gasteiger partial charge < -0.3 is 29.4 Å². The van der Waals surface area contributed by atoms with E-state index in [4.69, 9.17) is 4.74 Å². The molecular weight excluding hydrogens is 486 g/mol. The molecule has 0 bridgehead atoms. The molecule has 1 aromatic heterocycles. The first-order valence-corrected chi connectivity index (χ1v) is 12.7. The Hall–Kier alpha value is -3.50. The molecule has 206 valence electrons. The zero-order chi connectivity index (χ0) is 28.1. The average molecular weight is 526 g/mol. The Bertz CT molecular complexity index is 1150. The maximum absolute atomic E-state index is 13.7. The lowest BCUT2D eigenvalue weighted by molar-refractivity contribution is -0.132. The van der Waals surface area contributed by atoms with Gasteiger partial charge in [-0.2, -0.15) is 0 Å². The van der Waals surface area contributed by atoms with Gasteiger partial charge in [-0.3, -0.25) is 14.4 Å². The molecule has 0 saturated heterocycles. The number of rotatable bonds is 8. The molecule has 1 aliphatic heterocycles. The van der Waals surface area contributed by atoms with Crippen LogP contribution in [0.1, 0.15) is 34.6 Å². The smallest absolute Gasteiger partial charge is 0.259 e. The molecule has 3 rings (SSSR count). The van der Waals surface area contributed by atoms with Crippen molar-refractivity contribution in [2.45, 2.75) is 26.0 Å². The lowest BCUT2D eigenvalue weighted by Gasteiger charge is -2.37. The number of aliphatic hydroxyl groups is 1. The van der Waals surface area contributed by atoms with Gasteiger partial charge >= 0.3 is 0 Å². The molecule has 0 fully saturated rings. The van der Waals surface area contributed by atoms with Crippen LogP contribution in [0.2, 0.25) is 0 Å². The van der Waals surface area contributed by atoms with Crippen molar-refractivity contribution in [2.24, 2.45) is 5.92 Å². The first-order valence-electron chi connectivity index (χ1n) is 12.7. The van der Waals surface area contributed by atoms with Crippen molar-refractivity contribution in [3.05, 3.63) is 47.7 Å². The van der Waals surface area contributed by atoms with Gasteiger partial charge in [-0.05, 0) is 44.8 Å². The number of pyridine rings is 1. The summed E-state index contributed by atoms with van der Waals surface area (Å²) in [5, 5.41) is 9.88. The molecule has 1 N–H and O–H groups in total. The number of amides is 3. The van der Waals surface area contributed by atoms with Crippen LogP contribution in [-0.2, 0) is 4.79 Å². The van der Waals surface area contributed by atoms with Crippen molar-refractivity contribution in [3.8, 4) is 17.0 Å². The van der Waals surface area contributed by atoms with Crippen LogP contribution in [0.15, 0.2) is 36.5 Å². The second-order valence-electron chi connectivity index (χ2n) is 10.5. The number of hydrogen-bond acceptors (Lipinski definition) is 7. The average Bonchev–Trinajstić information content (AvgIpc) is 2.89. The highest BCUT2D eigenvalue weighted by molar-refractivity contribution is 5.98. The minimum atomic E-state index is -0.416. The van der Waals surface area contributed by atoms with E-state index in [9.17, 15) is 19.5 Å². The van der Waals surface area contributed by atoms with Gasteiger partial charge in [0.25, 0.3) is 11.8 Å². The van der Waals surface area contributed by atoms with Gasteiger partial charge in [0, 0.05) is 50.9 Å². The third-order valence-electron chi connectivity index (χ3n) is 6.72. The molecule has 10 heteroatoms. The predicted molar refractivity (Wildman–Crippen MR) is 145 cm³/mol. The molecule has 0 radical (unpaired) electrons. The van der Waals surface area contributed by atoms with Gasteiger partial charge in [0.05, 0.1) is 25.7 Å². The van der Waals surface area contributed by atoms with Gasteiger partial charge in [-0.15, -0.1) is 0 Å². The Morgan fingerprint density at radius 1 is 1.13 bits per heavy atom. The number of carbonyl (C=O) groups excluding carboxylic acids is 3. The first kappa shape index (κ1) is 29.1. The zero-order valence-corrected chi connectivity index (χ0v) is 23.3. The summed E-state index contributed by atoms with van der Waals surface area (Å²) in [5.41, 5.74) is 2.34. The normalized spacial score (nSPS) is 18.2. The number of carbonyl (C=O) groups is 3. The summed E-state index contributed by atoms with van der Waals surface area (Å²) in [6.07, 6.45) is 1.22. The fourth-order valence-corrected chi connectivity index (χ4v) is 4.30. The monoisotopic (exact) mass is 525 g/mol. The van der Waals surface area contributed by atoms with Gasteiger partial charge in [0.1, 0.15) is 11.7 Å². The molecule has 10 nitrogen and oxygen atoms in total. The lowest BCUT2D eigenvalue weighted by Crippen LogP contribution is -2.51. The van der Waals surface area contributed by atoms with Crippen LogP contribution in [0, 0.1) is 5.92 Å². The zero-order valence-electron chi connectivity index (χ0n) is 23.3. The van der Waals surface area contributed by atoms with Crippen molar-refractivity contribution in [3.63, 3.8) is 0 Å². The topological polar surface area (TPSA) is 107 Å². The molecule has 0 unspecified atom stereocenters. The summed E-state index contributed by atoms with van der Waals surface area (Å²) in [6.45, 7) is 4.54. The van der Waals surface area contributed by atoms with E-state index in [1.807, 2.05) is 38.1 Å². The maximum atomic E-state index is 13.7. The van der Waals surface area contributed by atoms with E-state index in [2.05, 4.69) is 4.98 Å². The Kier molecular flexibility index (Phi) is 9.45. The Morgan fingerprint density at radius 3 is 2.37 bits per heavy atom. The molecule has 0 aliphatic carbocycles. The summed E-state index contributed by atoms with van der Waals surface area (Å²) in [4.78, 5) is 49.6. The van der Waals surface area contributed by atoms with E-state index < -0.39 is 12.1 Å². The van der Waals surface area contributed by atoms with Crippen molar-refractivity contribution in [1.82, 2.24) is 24.6 Å². The molecule has 1 aromatic carbocycles. The van der Waals surface area contributed by atoms with E-state index in [0.717, 1.165) is 5.56 Å². The highest BCUT2D eigenvalue weighted by Gasteiger charge is 2.34. The number of benzene rings is 1. The van der Waals surface area contributed by atoms with Crippen LogP contribution in [0.25, 0.3) is 11.1 Å². The highest BCUT2D eigenvalue weighted by atomic mass is 16.5. The second kappa shape index (κ2) is 12.4. The highest BCUT2D eigenvalue weighted by Crippen LogP contribution is 2.30. The Labute approximate surface area is 224 Å². The van der Waals surface area contributed by atoms with Crippen molar-refractivity contribution in [1.29, 1.82) is 0 Å². The molecule has 1 aliphatic rings. The third kappa shape index (κ3) is 6.68. The van der Waals surface area contributed by atoms with Crippen LogP contribution in [0.3, 0.4) is 0 Å². The number of fused-ring (bicyclic) bond motifs is 1. The molecule has 2 heterocycles. The Morgan fingerprint density at radius 2 is 1.79 bits per heavy atom. The van der Waals surface area contributed by atoms with Gasteiger partial charge in [0.2, 0.25) is 11.8 Å². The number of nitrogens with zero attached hydrogens (tertiary/aromatic N) is 5. The number of aliphatic hydroxyl groups excluding tert-OH is 1. The van der Waals surface area contributed by atoms with Crippen molar-refractivity contribution in [2.75, 3.05) is 61.5 Å². The van der Waals surface area contributed by atoms with Crippen LogP contribution < -0.4 is 4.74 Å². The molecule has 38 heavy (non-hydrogen) atoms. The van der Waals surface area contributed by atoms with Crippen LogP contribution in [0.5, 0.6) is 5.88 Å². The summed E-state index contributed by atoms with van der Waals surface area (Å²) in [5.74, 6) is -0.349. The minimum absolute atomic E-state index is 0.0377. The quantitative estimate of drug-likeness (QED) is 0.559. The summed E-state index contributed by atoms with van der Waals surface area (Å²) >= 11 is 0. The fraction of sp³-hybridized carbons (Fsp3) is 0.500. The molecule has 0 saturated carbocycles. The fourth-order valence-electron chi connectivity index (χ4n) is 4.30. The summed E-state index contributed by atoms with van der Waals surface area (Å²) in [6, 6.07) is 8.44. The predicted octanol–water partition coefficient (Wildman–Crippen LogP) is 1.69. The van der Waals surface area contributed by atoms with E-state index in [1.165, 1.54) is 4.90 Å². The van der Waals surface area contributed by atoms with Crippen molar-refractivity contribution >= 4 is 17.7 Å². The van der Waals surface area contributed by atoms with Crippen LogP contribution >= 0.6 is 0 Å². The number of hydrogen-bond donors (Lipinski definition) is 1. The summed E-state index contributed by atoms with van der Waals surface area (Å²) < 4.78 is 6.30. The lowest BCUT2D eigenvalue weighted by atomic mass is 9.99. The van der Waals surface area contributed by atoms with E-state index in [-0.39, 0.29) is 48.2 Å². The largest absolute Gasteiger partial charge is 0.472 e. The van der Waals surface area contributed by atoms with E-state index >= 15 is 0 Å². The number of aromatic nitrogens is 1. The standard InChI is InChI=1S/C28H39N5O5/c1-18-14-33(19(2)17-34)28(37)23-12-22(20-8-10-21(11-9-20)27(36)31(5)6)13-29-26(23)38-24(18)15-32(7)25(35)16-30(3)4/h8-13,18-19,24,34H,14-17H2,1-7H3/t18-,19-,24-/m0/s1. The molecule has 3 amide bonds. The van der Waals surface area contributed by atoms with Crippen LogP contribution in [0.4, 0.5) is 0 Å². The second-order valence-corrected chi connectivity index (χ2v) is 10.5. The molecule has 3 atom stereocenters. The number of likely N-dealkylation sites (N-methyl/N-ethyl adjacent to an activating group) is 2. The Balaban J connectivity index is 1.98. The van der Waals surface area contributed by atoms with Gasteiger partial charge in [-0.25, -0.2) is 4.98 Å². The van der Waals surface area contributed by atoms with Crippen molar-refractivity contribution < 1.29 is 24.2 Å². The van der Waals surface area contributed by atoms with E-state index in [1.54, 1.807) is 62.3 Å². The number of ether oxygens (including phenoxy) is 1. The minimum Gasteiger partial charge on any atom is -0.472 e. The first-order chi connectivity index (χ1) is 17.9. The molecule has 2 aromatic rings. The SMILES string of the molecule is C[C@H]1CN([C@@H](C)CO)C(=O)c2cc(-c3ccc(C(=O)N(C)C)cc3)cnc2O[C@H]1CN(C)C(=O)CN(C)C. The molecular formula is C28H39N5O5. The third-order valence-corrected chi connectivity index (χ3v) is 6.72.